The van der Waals surface area contributed by atoms with Gasteiger partial charge in [-0.3, -0.25) is 9.58 Å². The lowest BCUT2D eigenvalue weighted by Gasteiger charge is -2.23. The first kappa shape index (κ1) is 15.8. The summed E-state index contributed by atoms with van der Waals surface area (Å²) in [6, 6.07) is 0.718. The Morgan fingerprint density at radius 3 is 2.70 bits per heavy atom. The summed E-state index contributed by atoms with van der Waals surface area (Å²) >= 11 is 6.40. The molecule has 0 amide bonds. The summed E-state index contributed by atoms with van der Waals surface area (Å²) in [6.45, 7) is 5.40. The molecule has 114 valence electrons. The minimum absolute atomic E-state index is 0.718. The molecule has 0 spiro atoms. The van der Waals surface area contributed by atoms with E-state index in [1.807, 2.05) is 7.05 Å². The maximum Gasteiger partial charge on any atom is 0.131 e. The number of rotatable bonds is 4. The van der Waals surface area contributed by atoms with E-state index in [0.29, 0.717) is 0 Å². The number of hydrogen-bond acceptors (Lipinski definition) is 3. The van der Waals surface area contributed by atoms with Gasteiger partial charge in [0.25, 0.3) is 0 Å². The molecule has 20 heavy (non-hydrogen) atoms. The fourth-order valence-electron chi connectivity index (χ4n) is 3.08. The van der Waals surface area contributed by atoms with Gasteiger partial charge >= 0.3 is 0 Å². The van der Waals surface area contributed by atoms with E-state index in [9.17, 15) is 0 Å². The minimum Gasteiger partial charge on any atom is -0.306 e. The van der Waals surface area contributed by atoms with Crippen LogP contribution in [0.5, 0.6) is 0 Å². The third-order valence-corrected chi connectivity index (χ3v) is 4.86. The predicted octanol–water partition coefficient (Wildman–Crippen LogP) is 2.55. The van der Waals surface area contributed by atoms with E-state index in [2.05, 4.69) is 35.9 Å². The fraction of sp³-hybridized carbons (Fsp3) is 0.800. The molecule has 1 aliphatic rings. The molecule has 0 saturated carbocycles. The van der Waals surface area contributed by atoms with Gasteiger partial charge < -0.3 is 4.90 Å². The maximum absolute atomic E-state index is 6.40. The Kier molecular flexibility index (Phi) is 5.47. The molecule has 1 fully saturated rings. The third kappa shape index (κ3) is 3.54. The molecule has 0 bridgehead atoms. The first-order chi connectivity index (χ1) is 9.52. The largest absolute Gasteiger partial charge is 0.306 e. The zero-order chi connectivity index (χ0) is 14.7. The predicted molar refractivity (Wildman–Crippen MR) is 84.2 cm³/mol. The summed E-state index contributed by atoms with van der Waals surface area (Å²) in [5.41, 5.74) is 2.37. The second kappa shape index (κ2) is 6.92. The molecule has 0 aromatic carbocycles. The van der Waals surface area contributed by atoms with Crippen LogP contribution in [0.1, 0.15) is 37.4 Å². The molecule has 5 heteroatoms. The molecule has 0 aliphatic carbocycles. The van der Waals surface area contributed by atoms with E-state index in [1.54, 1.807) is 4.68 Å². The van der Waals surface area contributed by atoms with Gasteiger partial charge in [-0.25, -0.2) is 0 Å². The zero-order valence-corrected chi connectivity index (χ0v) is 13.9. The average Bonchev–Trinajstić information content (AvgIpc) is 2.61. The van der Waals surface area contributed by atoms with E-state index in [4.69, 9.17) is 11.6 Å². The molecule has 0 radical (unpaired) electrons. The highest BCUT2D eigenvalue weighted by Crippen LogP contribution is 2.23. The van der Waals surface area contributed by atoms with Crippen LogP contribution in [0.3, 0.4) is 0 Å². The smallest absolute Gasteiger partial charge is 0.131 e. The van der Waals surface area contributed by atoms with Gasteiger partial charge in [0.05, 0.1) is 5.69 Å². The minimum atomic E-state index is 0.718. The highest BCUT2D eigenvalue weighted by molar-refractivity contribution is 6.30. The van der Waals surface area contributed by atoms with Crippen LogP contribution in [0.25, 0.3) is 0 Å². The van der Waals surface area contributed by atoms with Gasteiger partial charge in [-0.05, 0) is 52.9 Å². The second-order valence-corrected chi connectivity index (χ2v) is 6.38. The van der Waals surface area contributed by atoms with Gasteiger partial charge in [-0.2, -0.15) is 5.10 Å². The van der Waals surface area contributed by atoms with Gasteiger partial charge in [0.2, 0.25) is 0 Å². The summed E-state index contributed by atoms with van der Waals surface area (Å²) in [4.78, 5) is 4.89. The van der Waals surface area contributed by atoms with Crippen LogP contribution in [0.15, 0.2) is 0 Å². The second-order valence-electron chi connectivity index (χ2n) is 6.02. The molecule has 1 aromatic heterocycles. The Morgan fingerprint density at radius 2 is 2.05 bits per heavy atom. The SMILES string of the molecule is CCc1nn(C)c(Cl)c1CN1CCCC(N(C)C)CC1. The molecule has 0 N–H and O–H groups in total. The first-order valence-corrected chi connectivity index (χ1v) is 7.99. The van der Waals surface area contributed by atoms with Crippen LogP contribution < -0.4 is 0 Å². The van der Waals surface area contributed by atoms with Crippen LogP contribution in [-0.2, 0) is 20.0 Å². The summed E-state index contributed by atoms with van der Waals surface area (Å²) in [5.74, 6) is 0. The Balaban J connectivity index is 2.03. The standard InChI is InChI=1S/C15H27ClN4/c1-5-14-13(15(16)19(4)17-14)11-20-9-6-7-12(8-10-20)18(2)3/h12H,5-11H2,1-4H3. The van der Waals surface area contributed by atoms with Crippen molar-refractivity contribution in [2.75, 3.05) is 27.2 Å². The van der Waals surface area contributed by atoms with Crippen LogP contribution >= 0.6 is 11.6 Å². The molecule has 1 aliphatic heterocycles. The van der Waals surface area contributed by atoms with Crippen molar-refractivity contribution < 1.29 is 0 Å². The lowest BCUT2D eigenvalue weighted by atomic mass is 10.1. The van der Waals surface area contributed by atoms with E-state index < -0.39 is 0 Å². The van der Waals surface area contributed by atoms with Crippen molar-refractivity contribution in [3.05, 3.63) is 16.4 Å². The number of halogens is 1. The highest BCUT2D eigenvalue weighted by Gasteiger charge is 2.21. The number of likely N-dealkylation sites (tertiary alicyclic amines) is 1. The zero-order valence-electron chi connectivity index (χ0n) is 13.2. The van der Waals surface area contributed by atoms with Crippen LogP contribution in [0, 0.1) is 0 Å². The number of hydrogen-bond donors (Lipinski definition) is 0. The number of aryl methyl sites for hydroxylation is 2. The van der Waals surface area contributed by atoms with Crippen molar-refractivity contribution >= 4 is 11.6 Å². The van der Waals surface area contributed by atoms with Crippen LogP contribution in [0.2, 0.25) is 5.15 Å². The van der Waals surface area contributed by atoms with Gasteiger partial charge in [0.1, 0.15) is 5.15 Å². The van der Waals surface area contributed by atoms with Crippen molar-refractivity contribution in [1.29, 1.82) is 0 Å². The van der Waals surface area contributed by atoms with Gasteiger partial charge in [0, 0.05) is 25.2 Å². The summed E-state index contributed by atoms with van der Waals surface area (Å²) in [6.07, 6.45) is 4.75. The summed E-state index contributed by atoms with van der Waals surface area (Å²) in [7, 11) is 6.30. The fourth-order valence-corrected chi connectivity index (χ4v) is 3.28. The van der Waals surface area contributed by atoms with Crippen LogP contribution in [-0.4, -0.2) is 52.8 Å². The third-order valence-electron chi connectivity index (χ3n) is 4.39. The molecule has 1 atom stereocenters. The van der Waals surface area contributed by atoms with E-state index in [0.717, 1.165) is 36.4 Å². The van der Waals surface area contributed by atoms with Gasteiger partial charge in [0.15, 0.2) is 0 Å². The van der Waals surface area contributed by atoms with Crippen molar-refractivity contribution in [2.45, 2.75) is 45.2 Å². The van der Waals surface area contributed by atoms with Crippen LogP contribution in [0.4, 0.5) is 0 Å². The lowest BCUT2D eigenvalue weighted by molar-refractivity contribution is 0.245. The first-order valence-electron chi connectivity index (χ1n) is 7.62. The highest BCUT2D eigenvalue weighted by atomic mass is 35.5. The molecule has 1 saturated heterocycles. The summed E-state index contributed by atoms with van der Waals surface area (Å²) < 4.78 is 1.80. The van der Waals surface area contributed by atoms with E-state index in [-0.39, 0.29) is 0 Å². The molecule has 2 heterocycles. The summed E-state index contributed by atoms with van der Waals surface area (Å²) in [5, 5.41) is 5.31. The molecule has 1 unspecified atom stereocenters. The monoisotopic (exact) mass is 298 g/mol. The van der Waals surface area contributed by atoms with Crippen molar-refractivity contribution in [2.24, 2.45) is 7.05 Å². The normalized spacial score (nSPS) is 21.4. The van der Waals surface area contributed by atoms with E-state index >= 15 is 0 Å². The van der Waals surface area contributed by atoms with E-state index in [1.165, 1.54) is 31.4 Å². The Hall–Kier alpha value is -0.580. The molecular weight excluding hydrogens is 272 g/mol. The van der Waals surface area contributed by atoms with Gasteiger partial charge in [-0.15, -0.1) is 0 Å². The quantitative estimate of drug-likeness (QED) is 0.854. The Labute approximate surface area is 127 Å². The lowest BCUT2D eigenvalue weighted by Crippen LogP contribution is -2.30. The average molecular weight is 299 g/mol. The van der Waals surface area contributed by atoms with Crippen molar-refractivity contribution in [3.8, 4) is 0 Å². The topological polar surface area (TPSA) is 24.3 Å². The molecule has 4 nitrogen and oxygen atoms in total. The van der Waals surface area contributed by atoms with Gasteiger partial charge in [-0.1, -0.05) is 18.5 Å². The number of nitrogens with zero attached hydrogens (tertiary/aromatic N) is 4. The molecular formula is C15H27ClN4. The molecule has 1 aromatic rings. The Bertz CT molecular complexity index is 441. The Morgan fingerprint density at radius 1 is 1.30 bits per heavy atom. The van der Waals surface area contributed by atoms with Crippen molar-refractivity contribution in [3.63, 3.8) is 0 Å². The van der Waals surface area contributed by atoms with Crippen molar-refractivity contribution in [1.82, 2.24) is 19.6 Å². The number of aromatic nitrogens is 2. The molecule has 2 rings (SSSR count). The maximum atomic E-state index is 6.40.